The summed E-state index contributed by atoms with van der Waals surface area (Å²) in [5, 5.41) is 2.93. The molecule has 0 aliphatic rings. The van der Waals surface area contributed by atoms with E-state index in [0.29, 0.717) is 25.6 Å². The van der Waals surface area contributed by atoms with Crippen LogP contribution in [0.25, 0.3) is 0 Å². The first-order valence-corrected chi connectivity index (χ1v) is 11.4. The van der Waals surface area contributed by atoms with Crippen molar-refractivity contribution < 1.29 is 21.8 Å². The molecule has 0 saturated heterocycles. The average Bonchev–Trinajstić information content (AvgIpc) is 2.69. The van der Waals surface area contributed by atoms with E-state index in [4.69, 9.17) is 4.18 Å². The number of carbonyl (C=O) groups excluding carboxylic acids is 1. The van der Waals surface area contributed by atoms with Gasteiger partial charge in [0.1, 0.15) is 16.5 Å². The second-order valence-electron chi connectivity index (χ2n) is 7.50. The minimum absolute atomic E-state index is 0.114. The smallest absolute Gasteiger partial charge is 0.339 e. The van der Waals surface area contributed by atoms with Gasteiger partial charge in [0.15, 0.2) is 0 Å². The monoisotopic (exact) mass is 436 g/mol. The van der Waals surface area contributed by atoms with Crippen molar-refractivity contribution in [2.45, 2.75) is 45.1 Å². The molecule has 0 saturated carbocycles. The molecule has 2 aromatic rings. The van der Waals surface area contributed by atoms with Crippen molar-refractivity contribution >= 4 is 16.1 Å². The van der Waals surface area contributed by atoms with Crippen molar-refractivity contribution in [1.29, 1.82) is 0 Å². The Morgan fingerprint density at radius 3 is 2.30 bits per heavy atom. The lowest BCUT2D eigenvalue weighted by Gasteiger charge is -2.25. The van der Waals surface area contributed by atoms with Crippen LogP contribution in [-0.2, 0) is 16.7 Å². The normalized spacial score (nSPS) is 11.4. The fourth-order valence-electron chi connectivity index (χ4n) is 2.79. The van der Waals surface area contributed by atoms with Gasteiger partial charge < -0.3 is 14.4 Å². The van der Waals surface area contributed by atoms with Gasteiger partial charge in [0.25, 0.3) is 0 Å². The number of nitrogens with zero attached hydrogens (tertiary/aromatic N) is 1. The number of halogens is 1. The Morgan fingerprint density at radius 1 is 1.10 bits per heavy atom. The Hall–Kier alpha value is -2.61. The fraction of sp³-hybridized carbons (Fsp3) is 0.409. The SMILES string of the molecule is CCCCNC(=O)N(Cc1ccc(OS(=O)(=O)c2ccc(F)cc2)cc1)CC(C)C. The number of nitrogens with one attached hydrogen (secondary N) is 1. The maximum absolute atomic E-state index is 13.0. The van der Waals surface area contributed by atoms with E-state index < -0.39 is 15.9 Å². The maximum atomic E-state index is 13.0. The molecule has 0 aromatic heterocycles. The number of carbonyl (C=O) groups is 1. The molecule has 0 spiro atoms. The van der Waals surface area contributed by atoms with Gasteiger partial charge in [-0.1, -0.05) is 39.3 Å². The Morgan fingerprint density at radius 2 is 1.73 bits per heavy atom. The van der Waals surface area contributed by atoms with Crippen LogP contribution in [0.5, 0.6) is 5.75 Å². The van der Waals surface area contributed by atoms with Gasteiger partial charge in [-0.3, -0.25) is 0 Å². The number of rotatable bonds is 10. The van der Waals surface area contributed by atoms with Crippen molar-refractivity contribution in [3.8, 4) is 5.75 Å². The highest BCUT2D eigenvalue weighted by atomic mass is 32.2. The number of hydrogen-bond acceptors (Lipinski definition) is 4. The van der Waals surface area contributed by atoms with Crippen molar-refractivity contribution in [1.82, 2.24) is 10.2 Å². The van der Waals surface area contributed by atoms with E-state index in [9.17, 15) is 17.6 Å². The Labute approximate surface area is 178 Å². The fourth-order valence-corrected chi connectivity index (χ4v) is 3.72. The third-order valence-corrected chi connectivity index (χ3v) is 5.55. The molecule has 0 aliphatic carbocycles. The molecule has 1 N–H and O–H groups in total. The van der Waals surface area contributed by atoms with Gasteiger partial charge >= 0.3 is 16.1 Å². The number of urea groups is 1. The Bertz CT molecular complexity index is 913. The predicted molar refractivity (Wildman–Crippen MR) is 114 cm³/mol. The Balaban J connectivity index is 2.05. The first kappa shape index (κ1) is 23.7. The minimum atomic E-state index is -4.05. The molecule has 0 unspecified atom stereocenters. The van der Waals surface area contributed by atoms with E-state index in [1.54, 1.807) is 29.2 Å². The molecule has 0 heterocycles. The number of unbranched alkanes of at least 4 members (excludes halogenated alkanes) is 1. The van der Waals surface area contributed by atoms with Crippen molar-refractivity contribution in [3.63, 3.8) is 0 Å². The molecule has 0 atom stereocenters. The third kappa shape index (κ3) is 7.33. The van der Waals surface area contributed by atoms with E-state index in [1.165, 1.54) is 0 Å². The summed E-state index contributed by atoms with van der Waals surface area (Å²) in [6.07, 6.45) is 1.93. The van der Waals surface area contributed by atoms with Crippen molar-refractivity contribution in [3.05, 3.63) is 59.9 Å². The quantitative estimate of drug-likeness (QED) is 0.438. The van der Waals surface area contributed by atoms with Gasteiger partial charge in [0.05, 0.1) is 0 Å². The second-order valence-corrected chi connectivity index (χ2v) is 9.04. The summed E-state index contributed by atoms with van der Waals surface area (Å²) >= 11 is 0. The van der Waals surface area contributed by atoms with Crippen LogP contribution in [0.15, 0.2) is 53.4 Å². The molecule has 164 valence electrons. The largest absolute Gasteiger partial charge is 0.379 e. The zero-order valence-electron chi connectivity index (χ0n) is 17.6. The molecule has 30 heavy (non-hydrogen) atoms. The van der Waals surface area contributed by atoms with Crippen LogP contribution in [-0.4, -0.2) is 32.4 Å². The number of benzene rings is 2. The van der Waals surface area contributed by atoms with Crippen molar-refractivity contribution in [2.24, 2.45) is 5.92 Å². The van der Waals surface area contributed by atoms with E-state index in [-0.39, 0.29) is 16.7 Å². The molecule has 2 aromatic carbocycles. The highest BCUT2D eigenvalue weighted by Gasteiger charge is 2.18. The zero-order valence-corrected chi connectivity index (χ0v) is 18.4. The minimum Gasteiger partial charge on any atom is -0.379 e. The molecular formula is C22H29FN2O4S. The number of amides is 2. The summed E-state index contributed by atoms with van der Waals surface area (Å²) in [5.74, 6) is -0.0701. The molecule has 6 nitrogen and oxygen atoms in total. The van der Waals surface area contributed by atoms with Crippen LogP contribution < -0.4 is 9.50 Å². The van der Waals surface area contributed by atoms with Gasteiger partial charge in [0.2, 0.25) is 0 Å². The lowest BCUT2D eigenvalue weighted by atomic mass is 10.1. The van der Waals surface area contributed by atoms with Crippen LogP contribution in [0.2, 0.25) is 0 Å². The molecule has 0 fully saturated rings. The molecule has 0 radical (unpaired) electrons. The van der Waals surface area contributed by atoms with Crippen LogP contribution >= 0.6 is 0 Å². The summed E-state index contributed by atoms with van der Waals surface area (Å²) < 4.78 is 42.7. The van der Waals surface area contributed by atoms with E-state index in [0.717, 1.165) is 42.7 Å². The van der Waals surface area contributed by atoms with Gasteiger partial charge in [-0.05, 0) is 54.3 Å². The van der Waals surface area contributed by atoms with E-state index in [1.807, 2.05) is 13.8 Å². The first-order valence-electron chi connectivity index (χ1n) is 10.0. The highest BCUT2D eigenvalue weighted by molar-refractivity contribution is 7.87. The molecule has 0 aliphatic heterocycles. The van der Waals surface area contributed by atoms with Gasteiger partial charge in [-0.15, -0.1) is 0 Å². The lowest BCUT2D eigenvalue weighted by molar-refractivity contribution is 0.187. The van der Waals surface area contributed by atoms with Crippen LogP contribution in [0.4, 0.5) is 9.18 Å². The summed E-state index contributed by atoms with van der Waals surface area (Å²) in [6, 6.07) is 10.8. The standard InChI is InChI=1S/C22H29FN2O4S/c1-4-5-14-24-22(26)25(15-17(2)3)16-18-6-10-20(11-7-18)29-30(27,28)21-12-8-19(23)9-13-21/h6-13,17H,4-5,14-16H2,1-3H3,(H,24,26). The van der Waals surface area contributed by atoms with Gasteiger partial charge in [-0.25, -0.2) is 9.18 Å². The Kier molecular flexibility index (Phi) is 8.65. The van der Waals surface area contributed by atoms with Crippen LogP contribution in [0, 0.1) is 11.7 Å². The summed E-state index contributed by atoms with van der Waals surface area (Å²) in [6.45, 7) is 7.80. The molecular weight excluding hydrogens is 407 g/mol. The van der Waals surface area contributed by atoms with Crippen molar-refractivity contribution in [2.75, 3.05) is 13.1 Å². The van der Waals surface area contributed by atoms with Gasteiger partial charge in [-0.2, -0.15) is 8.42 Å². The van der Waals surface area contributed by atoms with Crippen LogP contribution in [0.1, 0.15) is 39.2 Å². The highest BCUT2D eigenvalue weighted by Crippen LogP contribution is 2.20. The van der Waals surface area contributed by atoms with Gasteiger partial charge in [0, 0.05) is 19.6 Å². The van der Waals surface area contributed by atoms with Crippen LogP contribution in [0.3, 0.4) is 0 Å². The topological polar surface area (TPSA) is 75.7 Å². The summed E-state index contributed by atoms with van der Waals surface area (Å²) in [5.41, 5.74) is 0.854. The first-order chi connectivity index (χ1) is 14.2. The summed E-state index contributed by atoms with van der Waals surface area (Å²) in [7, 11) is -4.05. The number of hydrogen-bond donors (Lipinski definition) is 1. The second kappa shape index (κ2) is 11.0. The summed E-state index contributed by atoms with van der Waals surface area (Å²) in [4.78, 5) is 14.1. The van der Waals surface area contributed by atoms with E-state index >= 15 is 0 Å². The lowest BCUT2D eigenvalue weighted by Crippen LogP contribution is -2.41. The predicted octanol–water partition coefficient (Wildman–Crippen LogP) is 4.56. The molecule has 2 amide bonds. The average molecular weight is 437 g/mol. The third-order valence-electron chi connectivity index (χ3n) is 4.28. The van der Waals surface area contributed by atoms with E-state index in [2.05, 4.69) is 12.2 Å². The molecule has 2 rings (SSSR count). The molecule has 0 bridgehead atoms. The maximum Gasteiger partial charge on any atom is 0.339 e. The molecule has 8 heteroatoms. The zero-order chi connectivity index (χ0) is 22.1.